The molecule has 0 atom stereocenters. The topological polar surface area (TPSA) is 38.0 Å². The zero-order valence-electron chi connectivity index (χ0n) is 8.96. The Morgan fingerprint density at radius 3 is 2.80 bits per heavy atom. The highest BCUT2D eigenvalue weighted by Crippen LogP contribution is 2.27. The molecule has 1 aliphatic rings. The Bertz CT molecular complexity index is 345. The van der Waals surface area contributed by atoms with Crippen LogP contribution in [0.5, 0.6) is 0 Å². The number of hydrogen-bond donors (Lipinski definition) is 2. The lowest BCUT2D eigenvalue weighted by Gasteiger charge is -2.33. The highest BCUT2D eigenvalue weighted by molar-refractivity contribution is 6.33. The second-order valence-corrected chi connectivity index (χ2v) is 4.92. The van der Waals surface area contributed by atoms with Crippen LogP contribution in [0.15, 0.2) is 18.2 Å². The Hall–Kier alpha value is -0.730. The maximum atomic E-state index is 5.95. The first-order chi connectivity index (χ1) is 7.15. The molecule has 3 N–H and O–H groups in total. The van der Waals surface area contributed by atoms with Gasteiger partial charge in [0.15, 0.2) is 0 Å². The maximum Gasteiger partial charge on any atom is 0.0638 e. The van der Waals surface area contributed by atoms with Gasteiger partial charge in [-0.15, -0.1) is 0 Å². The Labute approximate surface area is 95.8 Å². The van der Waals surface area contributed by atoms with Crippen molar-refractivity contribution in [3.8, 4) is 0 Å². The number of nitrogens with one attached hydrogen (secondary N) is 1. The van der Waals surface area contributed by atoms with Gasteiger partial charge in [0.1, 0.15) is 0 Å². The summed E-state index contributed by atoms with van der Waals surface area (Å²) in [6.07, 6.45) is 2.59. The Morgan fingerprint density at radius 1 is 1.47 bits per heavy atom. The van der Waals surface area contributed by atoms with E-state index in [-0.39, 0.29) is 0 Å². The van der Waals surface area contributed by atoms with E-state index in [2.05, 4.69) is 12.2 Å². The van der Waals surface area contributed by atoms with Crippen molar-refractivity contribution in [2.24, 2.45) is 5.92 Å². The minimum Gasteiger partial charge on any atom is -0.398 e. The largest absolute Gasteiger partial charge is 0.398 e. The number of anilines is 1. The molecule has 1 aromatic rings. The molecule has 2 nitrogen and oxygen atoms in total. The van der Waals surface area contributed by atoms with E-state index < -0.39 is 0 Å². The molecule has 1 saturated carbocycles. The lowest BCUT2D eigenvalue weighted by Crippen LogP contribution is -2.39. The third kappa shape index (κ3) is 2.64. The van der Waals surface area contributed by atoms with E-state index in [0.717, 1.165) is 12.5 Å². The summed E-state index contributed by atoms with van der Waals surface area (Å²) in [6, 6.07) is 6.52. The summed E-state index contributed by atoms with van der Waals surface area (Å²) < 4.78 is 0. The van der Waals surface area contributed by atoms with E-state index in [4.69, 9.17) is 17.3 Å². The molecule has 0 aliphatic heterocycles. The van der Waals surface area contributed by atoms with Gasteiger partial charge in [-0.1, -0.05) is 24.6 Å². The minimum atomic E-state index is 0.649. The predicted molar refractivity (Wildman–Crippen MR) is 64.9 cm³/mol. The predicted octanol–water partition coefficient (Wildman–Crippen LogP) is 2.81. The first-order valence-electron chi connectivity index (χ1n) is 5.42. The molecule has 0 spiro atoms. The standard InChI is InChI=1S/C12H17ClN2/c1-8-4-10(5-8)15-7-9-2-3-12(14)11(13)6-9/h2-3,6,8,10,15H,4-5,7,14H2,1H3. The number of halogens is 1. The third-order valence-corrected chi connectivity index (χ3v) is 3.36. The maximum absolute atomic E-state index is 5.95. The molecule has 0 unspecified atom stereocenters. The van der Waals surface area contributed by atoms with Gasteiger partial charge in [0.2, 0.25) is 0 Å². The van der Waals surface area contributed by atoms with Gasteiger partial charge < -0.3 is 11.1 Å². The van der Waals surface area contributed by atoms with Gasteiger partial charge in [-0.25, -0.2) is 0 Å². The van der Waals surface area contributed by atoms with E-state index in [0.29, 0.717) is 16.8 Å². The van der Waals surface area contributed by atoms with Crippen LogP contribution in [0.3, 0.4) is 0 Å². The van der Waals surface area contributed by atoms with Crippen molar-refractivity contribution in [2.75, 3.05) is 5.73 Å². The number of benzene rings is 1. The molecule has 15 heavy (non-hydrogen) atoms. The fourth-order valence-electron chi connectivity index (χ4n) is 2.01. The molecule has 1 fully saturated rings. The quantitative estimate of drug-likeness (QED) is 0.775. The fourth-order valence-corrected chi connectivity index (χ4v) is 2.21. The van der Waals surface area contributed by atoms with Gasteiger partial charge in [-0.05, 0) is 36.5 Å². The summed E-state index contributed by atoms with van der Waals surface area (Å²) in [5, 5.41) is 4.16. The van der Waals surface area contributed by atoms with Crippen LogP contribution in [0.2, 0.25) is 5.02 Å². The molecule has 0 bridgehead atoms. The van der Waals surface area contributed by atoms with E-state index in [1.165, 1.54) is 18.4 Å². The molecule has 0 amide bonds. The van der Waals surface area contributed by atoms with Crippen molar-refractivity contribution < 1.29 is 0 Å². The SMILES string of the molecule is CC1CC(NCc2ccc(N)c(Cl)c2)C1. The Morgan fingerprint density at radius 2 is 2.20 bits per heavy atom. The van der Waals surface area contributed by atoms with Gasteiger partial charge in [0.05, 0.1) is 10.7 Å². The first-order valence-corrected chi connectivity index (χ1v) is 5.80. The van der Waals surface area contributed by atoms with Crippen LogP contribution in [0.25, 0.3) is 0 Å². The lowest BCUT2D eigenvalue weighted by molar-refractivity contribution is 0.240. The second-order valence-electron chi connectivity index (χ2n) is 4.51. The normalized spacial score (nSPS) is 24.9. The fraction of sp³-hybridized carbons (Fsp3) is 0.500. The molecule has 1 aromatic carbocycles. The Kier molecular flexibility index (Phi) is 3.17. The molecule has 0 saturated heterocycles. The highest BCUT2D eigenvalue weighted by Gasteiger charge is 2.24. The zero-order valence-corrected chi connectivity index (χ0v) is 9.72. The van der Waals surface area contributed by atoms with Gasteiger partial charge in [0.25, 0.3) is 0 Å². The highest BCUT2D eigenvalue weighted by atomic mass is 35.5. The molecule has 0 heterocycles. The molecular formula is C12H17ClN2. The molecule has 2 rings (SSSR count). The molecule has 82 valence electrons. The van der Waals surface area contributed by atoms with Crippen LogP contribution >= 0.6 is 11.6 Å². The van der Waals surface area contributed by atoms with Crippen molar-refractivity contribution in [3.05, 3.63) is 28.8 Å². The number of nitrogen functional groups attached to an aromatic ring is 1. The third-order valence-electron chi connectivity index (χ3n) is 3.03. The monoisotopic (exact) mass is 224 g/mol. The van der Waals surface area contributed by atoms with Crippen molar-refractivity contribution >= 4 is 17.3 Å². The van der Waals surface area contributed by atoms with Crippen molar-refractivity contribution in [1.82, 2.24) is 5.32 Å². The van der Waals surface area contributed by atoms with Crippen molar-refractivity contribution in [1.29, 1.82) is 0 Å². The van der Waals surface area contributed by atoms with Crippen LogP contribution in [0.1, 0.15) is 25.3 Å². The van der Waals surface area contributed by atoms with Gasteiger partial charge in [-0.3, -0.25) is 0 Å². The number of nitrogens with two attached hydrogens (primary N) is 1. The number of hydrogen-bond acceptors (Lipinski definition) is 2. The van der Waals surface area contributed by atoms with E-state index in [1.54, 1.807) is 0 Å². The molecule has 3 heteroatoms. The summed E-state index contributed by atoms with van der Waals surface area (Å²) in [5.41, 5.74) is 7.50. The zero-order chi connectivity index (χ0) is 10.8. The van der Waals surface area contributed by atoms with Crippen LogP contribution < -0.4 is 11.1 Å². The van der Waals surface area contributed by atoms with Crippen molar-refractivity contribution in [3.63, 3.8) is 0 Å². The average Bonchev–Trinajstić information content (AvgIpc) is 2.16. The molecule has 0 radical (unpaired) electrons. The smallest absolute Gasteiger partial charge is 0.0638 e. The van der Waals surface area contributed by atoms with Crippen LogP contribution in [0.4, 0.5) is 5.69 Å². The van der Waals surface area contributed by atoms with Gasteiger partial charge in [0, 0.05) is 12.6 Å². The summed E-state index contributed by atoms with van der Waals surface area (Å²) >= 11 is 5.95. The van der Waals surface area contributed by atoms with Crippen LogP contribution in [0, 0.1) is 5.92 Å². The van der Waals surface area contributed by atoms with E-state index >= 15 is 0 Å². The molecular weight excluding hydrogens is 208 g/mol. The first kappa shape index (κ1) is 10.8. The Balaban J connectivity index is 1.86. The van der Waals surface area contributed by atoms with Crippen LogP contribution in [-0.2, 0) is 6.54 Å². The summed E-state index contributed by atoms with van der Waals surface area (Å²) in [7, 11) is 0. The summed E-state index contributed by atoms with van der Waals surface area (Å²) in [4.78, 5) is 0. The lowest BCUT2D eigenvalue weighted by atomic mass is 9.82. The second kappa shape index (κ2) is 4.42. The van der Waals surface area contributed by atoms with Gasteiger partial charge in [-0.2, -0.15) is 0 Å². The number of rotatable bonds is 3. The average molecular weight is 225 g/mol. The minimum absolute atomic E-state index is 0.649. The van der Waals surface area contributed by atoms with Crippen LogP contribution in [-0.4, -0.2) is 6.04 Å². The van der Waals surface area contributed by atoms with Crippen molar-refractivity contribution in [2.45, 2.75) is 32.4 Å². The molecule has 0 aromatic heterocycles. The van der Waals surface area contributed by atoms with E-state index in [1.807, 2.05) is 18.2 Å². The van der Waals surface area contributed by atoms with E-state index in [9.17, 15) is 0 Å². The summed E-state index contributed by atoms with van der Waals surface area (Å²) in [6.45, 7) is 3.18. The van der Waals surface area contributed by atoms with Gasteiger partial charge >= 0.3 is 0 Å². The summed E-state index contributed by atoms with van der Waals surface area (Å²) in [5.74, 6) is 0.887. The molecule has 1 aliphatic carbocycles.